The third-order valence-electron chi connectivity index (χ3n) is 16.0. The van der Waals surface area contributed by atoms with E-state index in [1.807, 2.05) is 4.90 Å². The minimum Gasteiger partial charge on any atom is -1.00 e. The summed E-state index contributed by atoms with van der Waals surface area (Å²) in [6.07, 6.45) is 18.3. The zero-order valence-corrected chi connectivity index (χ0v) is 52.4. The van der Waals surface area contributed by atoms with E-state index in [2.05, 4.69) is 107 Å². The number of carboxylic acids is 4. The molecule has 87 heavy (non-hydrogen) atoms. The van der Waals surface area contributed by atoms with Crippen LogP contribution in [0.3, 0.4) is 0 Å². The molecule has 0 saturated carbocycles. The van der Waals surface area contributed by atoms with E-state index in [-0.39, 0.29) is 75.4 Å². The quantitative estimate of drug-likeness (QED) is 0.0428. The van der Waals surface area contributed by atoms with Crippen molar-refractivity contribution in [1.82, 2.24) is 30.2 Å². The molecule has 2 aromatic rings. The van der Waals surface area contributed by atoms with Crippen LogP contribution < -0.4 is 27.9 Å². The number of carboxylic acid groups (broad SMARTS) is 4. The van der Waals surface area contributed by atoms with Gasteiger partial charge in [-0.05, 0) is 87.6 Å². The van der Waals surface area contributed by atoms with Crippen LogP contribution in [-0.2, 0) is 54.8 Å². The maximum Gasteiger partial charge on any atom is 0.317 e. The molecule has 21 nitrogen and oxygen atoms in total. The molecule has 1 saturated heterocycles. The lowest BCUT2D eigenvalue weighted by Gasteiger charge is -2.32. The van der Waals surface area contributed by atoms with Gasteiger partial charge in [0.1, 0.15) is 6.54 Å². The van der Waals surface area contributed by atoms with Crippen molar-refractivity contribution in [2.75, 3.05) is 149 Å². The number of hydrogen-bond acceptors (Lipinski definition) is 14. The number of para-hydroxylation sites is 2. The Morgan fingerprint density at radius 3 is 1.72 bits per heavy atom. The maximum absolute atomic E-state index is 12.9. The average Bonchev–Trinajstić information content (AvgIpc) is 1.63. The number of benzene rings is 2. The van der Waals surface area contributed by atoms with Crippen LogP contribution in [0.1, 0.15) is 95.6 Å². The number of fused-ring (bicyclic) bond motifs is 2. The summed E-state index contributed by atoms with van der Waals surface area (Å²) < 4.78 is 19.3. The lowest BCUT2D eigenvalue weighted by Crippen LogP contribution is -3.00. The molecule has 0 spiro atoms. The van der Waals surface area contributed by atoms with Crippen molar-refractivity contribution in [3.8, 4) is 0 Å². The van der Waals surface area contributed by atoms with Gasteiger partial charge in [0, 0.05) is 132 Å². The molecule has 6 rings (SSSR count). The van der Waals surface area contributed by atoms with Gasteiger partial charge in [-0.15, -0.1) is 0 Å². The van der Waals surface area contributed by atoms with Gasteiger partial charge >= 0.3 is 23.9 Å². The zero-order chi connectivity index (χ0) is 61.7. The van der Waals surface area contributed by atoms with Crippen molar-refractivity contribution in [2.45, 2.75) is 96.3 Å². The number of amides is 2. The highest BCUT2D eigenvalue weighted by atomic mass is 35.5. The van der Waals surface area contributed by atoms with E-state index in [4.69, 9.17) is 30.9 Å². The number of carbonyl (C=O) groups is 6. The number of aliphatic carboxylic acids is 4. The second-order valence-electron chi connectivity index (χ2n) is 22.9. The second kappa shape index (κ2) is 38.4. The number of unbranched alkanes of at least 4 members (excludes halogenated alkanes) is 4. The standard InChI is InChI=1S/C64H91ClN8O13.ClH/c1-64(2)53-17-8-10-19-55(53)73(29-12-4-6-21-59(76)77)56(64)25-23-50-16-13-15-49(63(50)65)22-24-52-44-51-14-7-9-18-54(51)72(52)28-11-3-5-20-57(74)66-26-38-84-40-42-86-43-41-85-39-27-67-58(75)45-68-30-32-69(46-60(78)79)34-36-71(48-62(82)83)37-35-70(33-31-68)47-61(80)81;/h7-10,14,17-19,22-25H,3-6,11-13,15-16,20-21,26-48H2,1-2H3,(H5-,66,67,74,75,76,77,78,79,80,81,82,83);1H. The first-order chi connectivity index (χ1) is 41.5. The Balaban J connectivity index is 0.0000138. The van der Waals surface area contributed by atoms with E-state index < -0.39 is 23.9 Å². The van der Waals surface area contributed by atoms with E-state index in [0.29, 0.717) is 105 Å². The third-order valence-corrected chi connectivity index (χ3v) is 16.5. The van der Waals surface area contributed by atoms with Gasteiger partial charge in [0.15, 0.2) is 5.71 Å². The normalized spacial score (nSPS) is 18.1. The van der Waals surface area contributed by atoms with Crippen molar-refractivity contribution < 1.29 is 80.4 Å². The van der Waals surface area contributed by atoms with Crippen LogP contribution in [0, 0.1) is 0 Å². The number of nitrogens with zero attached hydrogens (tertiary/aromatic N) is 6. The number of hydrogen-bond donors (Lipinski definition) is 6. The van der Waals surface area contributed by atoms with Crippen molar-refractivity contribution >= 4 is 64.4 Å². The maximum atomic E-state index is 12.9. The topological polar surface area (TPSA) is 254 Å². The van der Waals surface area contributed by atoms with Crippen LogP contribution in [0.2, 0.25) is 0 Å². The van der Waals surface area contributed by atoms with E-state index in [9.17, 15) is 44.1 Å². The first-order valence-corrected chi connectivity index (χ1v) is 31.0. The number of nitrogens with one attached hydrogen (secondary N) is 2. The fourth-order valence-electron chi connectivity index (χ4n) is 11.4. The summed E-state index contributed by atoms with van der Waals surface area (Å²) in [7, 11) is 0. The van der Waals surface area contributed by atoms with Crippen molar-refractivity contribution in [3.63, 3.8) is 0 Å². The molecule has 6 N–H and O–H groups in total. The van der Waals surface area contributed by atoms with Gasteiger partial charge in [-0.1, -0.05) is 66.6 Å². The van der Waals surface area contributed by atoms with E-state index in [1.165, 1.54) is 33.9 Å². The monoisotopic (exact) mass is 1250 g/mol. The van der Waals surface area contributed by atoms with Gasteiger partial charge in [-0.3, -0.25) is 48.4 Å². The average molecular weight is 1250 g/mol. The molecule has 1 aliphatic carbocycles. The van der Waals surface area contributed by atoms with Crippen LogP contribution in [0.25, 0.3) is 0 Å². The lowest BCUT2D eigenvalue weighted by atomic mass is 9.81. The number of allylic oxidation sites excluding steroid dienone is 8. The highest BCUT2D eigenvalue weighted by Crippen LogP contribution is 2.41. The summed E-state index contributed by atoms with van der Waals surface area (Å²) in [6, 6.07) is 17.1. The summed E-state index contributed by atoms with van der Waals surface area (Å²) in [5.41, 5.74) is 9.57. The molecule has 480 valence electrons. The van der Waals surface area contributed by atoms with Crippen LogP contribution in [0.15, 0.2) is 94.7 Å². The van der Waals surface area contributed by atoms with Gasteiger partial charge in [0.2, 0.25) is 17.5 Å². The molecule has 23 heteroatoms. The summed E-state index contributed by atoms with van der Waals surface area (Å²) in [4.78, 5) is 80.7. The summed E-state index contributed by atoms with van der Waals surface area (Å²) >= 11 is 7.24. The minimum atomic E-state index is -1.03. The molecule has 0 radical (unpaired) electrons. The molecule has 4 aliphatic rings. The number of rotatable bonds is 35. The van der Waals surface area contributed by atoms with E-state index in [0.717, 1.165) is 87.1 Å². The summed E-state index contributed by atoms with van der Waals surface area (Å²) in [5.74, 6) is -4.06. The predicted molar refractivity (Wildman–Crippen MR) is 331 cm³/mol. The number of ether oxygens (including phenoxy) is 3. The van der Waals surface area contributed by atoms with Gasteiger partial charge in [-0.2, -0.15) is 4.58 Å². The molecule has 2 amide bonds. The largest absolute Gasteiger partial charge is 1.00 e. The SMILES string of the molecule is CC1(C)C(/C=C/C2=C(Cl)C(=C/C=C3Cc4ccccc4N3CCCCCC(=O)NCCOCCOCCOCCNC(=O)CN3CCN(CC(=O)O)CCN(CC(=O)O)CCN(CC(=O)O)CC3)/CCC2)=[N+](CCCCCC(=O)O)c2ccccc21.[Cl-]. The molecule has 0 unspecified atom stereocenters. The van der Waals surface area contributed by atoms with Gasteiger partial charge in [-0.25, -0.2) is 0 Å². The molecular weight excluding hydrogens is 1160 g/mol. The highest BCUT2D eigenvalue weighted by Gasteiger charge is 2.44. The Hall–Kier alpha value is -6.01. The number of halogens is 2. The van der Waals surface area contributed by atoms with Crippen LogP contribution in [0.5, 0.6) is 0 Å². The summed E-state index contributed by atoms with van der Waals surface area (Å²) in [6.45, 7) is 10.7. The van der Waals surface area contributed by atoms with Crippen molar-refractivity contribution in [3.05, 3.63) is 106 Å². The van der Waals surface area contributed by atoms with Gasteiger partial charge in [0.05, 0.1) is 71.2 Å². The fourth-order valence-corrected chi connectivity index (χ4v) is 11.7. The van der Waals surface area contributed by atoms with Crippen LogP contribution in [-0.4, -0.2) is 230 Å². The first kappa shape index (κ1) is 71.7. The third kappa shape index (κ3) is 24.8. The molecule has 3 aliphatic heterocycles. The molecule has 2 aromatic carbocycles. The van der Waals surface area contributed by atoms with E-state index in [1.54, 1.807) is 14.7 Å². The van der Waals surface area contributed by atoms with E-state index >= 15 is 0 Å². The Morgan fingerprint density at radius 2 is 1.13 bits per heavy atom. The lowest BCUT2D eigenvalue weighted by molar-refractivity contribution is -0.438. The van der Waals surface area contributed by atoms with Crippen molar-refractivity contribution in [2.24, 2.45) is 0 Å². The van der Waals surface area contributed by atoms with Crippen LogP contribution in [0.4, 0.5) is 11.4 Å². The van der Waals surface area contributed by atoms with Gasteiger partial charge < -0.3 is 62.6 Å². The van der Waals surface area contributed by atoms with Gasteiger partial charge in [0.25, 0.3) is 0 Å². The molecule has 0 aromatic heterocycles. The highest BCUT2D eigenvalue weighted by molar-refractivity contribution is 6.32. The Labute approximate surface area is 524 Å². The van der Waals surface area contributed by atoms with Crippen molar-refractivity contribution in [1.29, 1.82) is 0 Å². The second-order valence-corrected chi connectivity index (χ2v) is 23.2. The van der Waals surface area contributed by atoms with Crippen LogP contribution >= 0.6 is 11.6 Å². The predicted octanol–water partition coefficient (Wildman–Crippen LogP) is 3.14. The number of carbonyl (C=O) groups excluding carboxylic acids is 2. The Morgan fingerprint density at radius 1 is 0.598 bits per heavy atom. The smallest absolute Gasteiger partial charge is 0.317 e. The number of anilines is 1. The minimum absolute atomic E-state index is 0. The fraction of sp³-hybridized carbons (Fsp3) is 0.578. The first-order valence-electron chi connectivity index (χ1n) is 30.6. The zero-order valence-electron chi connectivity index (χ0n) is 50.9. The Kier molecular flexibility index (Phi) is 31.7. The molecule has 0 atom stereocenters. The molecule has 3 heterocycles. The molecular formula is C64H92Cl2N8O13. The molecule has 0 bridgehead atoms. The summed E-state index contributed by atoms with van der Waals surface area (Å²) in [5, 5.41) is 44.1. The Bertz CT molecular complexity index is 2720. The molecule has 1 fully saturated rings.